The molecule has 150 valence electrons. The molecule has 0 unspecified atom stereocenters. The average Bonchev–Trinajstić information content (AvgIpc) is 3.25. The van der Waals surface area contributed by atoms with E-state index in [4.69, 9.17) is 9.47 Å². The third-order valence-electron chi connectivity index (χ3n) is 4.64. The first-order valence-electron chi connectivity index (χ1n) is 9.38. The number of imidazole rings is 1. The zero-order valence-corrected chi connectivity index (χ0v) is 16.4. The number of methoxy groups -OCH3 is 1. The van der Waals surface area contributed by atoms with Crippen molar-refractivity contribution in [2.24, 2.45) is 0 Å². The minimum Gasteiger partial charge on any atom is -0.497 e. The van der Waals surface area contributed by atoms with E-state index >= 15 is 0 Å². The molecule has 0 spiro atoms. The molecule has 30 heavy (non-hydrogen) atoms. The predicted molar refractivity (Wildman–Crippen MR) is 113 cm³/mol. The van der Waals surface area contributed by atoms with Gasteiger partial charge in [0.25, 0.3) is 0 Å². The lowest BCUT2D eigenvalue weighted by atomic mass is 10.2. The van der Waals surface area contributed by atoms with Crippen LogP contribution in [-0.2, 0) is 6.61 Å². The Bertz CT molecular complexity index is 1130. The van der Waals surface area contributed by atoms with Gasteiger partial charge in [0, 0.05) is 17.4 Å². The predicted octanol–water partition coefficient (Wildman–Crippen LogP) is 4.83. The van der Waals surface area contributed by atoms with E-state index in [0.29, 0.717) is 12.4 Å². The number of carboxylic acid groups (broad SMARTS) is 1. The zero-order chi connectivity index (χ0) is 20.9. The number of hydrogen-bond donors (Lipinski definition) is 1. The summed E-state index contributed by atoms with van der Waals surface area (Å²) in [4.78, 5) is 15.8. The molecule has 0 saturated heterocycles. The van der Waals surface area contributed by atoms with Crippen LogP contribution in [0.25, 0.3) is 17.1 Å². The first kappa shape index (κ1) is 19.3. The summed E-state index contributed by atoms with van der Waals surface area (Å²) in [7, 11) is 1.60. The van der Waals surface area contributed by atoms with Gasteiger partial charge in [-0.25, -0.2) is 9.78 Å². The van der Waals surface area contributed by atoms with Crippen LogP contribution < -0.4 is 9.47 Å². The molecule has 0 fully saturated rings. The van der Waals surface area contributed by atoms with Crippen LogP contribution in [0.3, 0.4) is 0 Å². The minimum absolute atomic E-state index is 0.0229. The lowest BCUT2D eigenvalue weighted by Crippen LogP contribution is -1.98. The summed E-state index contributed by atoms with van der Waals surface area (Å²) in [6, 6.07) is 24.7. The second-order valence-corrected chi connectivity index (χ2v) is 6.62. The minimum atomic E-state index is -1.08. The summed E-state index contributed by atoms with van der Waals surface area (Å²) in [5, 5.41) is 9.41. The van der Waals surface area contributed by atoms with E-state index in [1.807, 2.05) is 78.9 Å². The second-order valence-electron chi connectivity index (χ2n) is 6.62. The van der Waals surface area contributed by atoms with Gasteiger partial charge >= 0.3 is 5.97 Å². The molecule has 0 aliphatic carbocycles. The number of benzene rings is 3. The Morgan fingerprint density at radius 2 is 1.60 bits per heavy atom. The number of carboxylic acids is 1. The Balaban J connectivity index is 1.61. The summed E-state index contributed by atoms with van der Waals surface area (Å²) in [6.45, 7) is 0.478. The molecular formula is C24H20N2O4. The van der Waals surface area contributed by atoms with Crippen LogP contribution in [0.2, 0.25) is 0 Å². The summed E-state index contributed by atoms with van der Waals surface area (Å²) < 4.78 is 12.8. The highest BCUT2D eigenvalue weighted by atomic mass is 16.5. The number of hydrogen-bond acceptors (Lipinski definition) is 4. The Hall–Kier alpha value is -4.06. The van der Waals surface area contributed by atoms with Crippen molar-refractivity contribution >= 4 is 5.97 Å². The van der Waals surface area contributed by atoms with Crippen molar-refractivity contribution in [2.45, 2.75) is 6.61 Å². The quantitative estimate of drug-likeness (QED) is 0.481. The molecule has 1 N–H and O–H groups in total. The third-order valence-corrected chi connectivity index (χ3v) is 4.64. The van der Waals surface area contributed by atoms with Crippen LogP contribution in [0.5, 0.6) is 11.5 Å². The number of nitrogens with zero attached hydrogens (tertiary/aromatic N) is 2. The van der Waals surface area contributed by atoms with Crippen molar-refractivity contribution in [3.05, 3.63) is 96.3 Å². The molecule has 6 heteroatoms. The lowest BCUT2D eigenvalue weighted by Gasteiger charge is -2.10. The van der Waals surface area contributed by atoms with Gasteiger partial charge in [-0.2, -0.15) is 0 Å². The van der Waals surface area contributed by atoms with Gasteiger partial charge < -0.3 is 14.6 Å². The van der Waals surface area contributed by atoms with E-state index in [0.717, 1.165) is 28.3 Å². The Morgan fingerprint density at radius 3 is 2.23 bits per heavy atom. The average molecular weight is 400 g/mol. The van der Waals surface area contributed by atoms with E-state index in [-0.39, 0.29) is 5.69 Å². The molecule has 0 amide bonds. The summed E-state index contributed by atoms with van der Waals surface area (Å²) >= 11 is 0. The molecule has 0 aliphatic rings. The normalized spacial score (nSPS) is 10.6. The monoisotopic (exact) mass is 400 g/mol. The van der Waals surface area contributed by atoms with Gasteiger partial charge in [0.1, 0.15) is 23.9 Å². The summed E-state index contributed by atoms with van der Waals surface area (Å²) in [5.41, 5.74) is 2.63. The van der Waals surface area contributed by atoms with Gasteiger partial charge in [-0.15, -0.1) is 0 Å². The van der Waals surface area contributed by atoms with E-state index < -0.39 is 5.97 Å². The molecule has 0 saturated carbocycles. The summed E-state index contributed by atoms with van der Waals surface area (Å²) in [6.07, 6.45) is 1.52. The maximum absolute atomic E-state index is 11.5. The molecule has 4 aromatic rings. The molecule has 0 radical (unpaired) electrons. The molecule has 6 nitrogen and oxygen atoms in total. The van der Waals surface area contributed by atoms with E-state index in [1.165, 1.54) is 6.20 Å². The number of rotatable bonds is 7. The third kappa shape index (κ3) is 4.17. The van der Waals surface area contributed by atoms with Gasteiger partial charge in [-0.1, -0.05) is 30.3 Å². The maximum atomic E-state index is 11.5. The topological polar surface area (TPSA) is 73.6 Å². The van der Waals surface area contributed by atoms with Crippen LogP contribution >= 0.6 is 0 Å². The smallest absolute Gasteiger partial charge is 0.356 e. The van der Waals surface area contributed by atoms with Gasteiger partial charge in [0.05, 0.1) is 7.11 Å². The number of aromatic nitrogens is 2. The highest BCUT2D eigenvalue weighted by Gasteiger charge is 2.16. The zero-order valence-electron chi connectivity index (χ0n) is 16.4. The van der Waals surface area contributed by atoms with Crippen LogP contribution in [0.15, 0.2) is 85.1 Å². The molecule has 3 aromatic carbocycles. The van der Waals surface area contributed by atoms with Crippen LogP contribution in [0, 0.1) is 0 Å². The molecule has 1 aromatic heterocycles. The van der Waals surface area contributed by atoms with E-state index in [1.54, 1.807) is 11.7 Å². The highest BCUT2D eigenvalue weighted by Crippen LogP contribution is 2.26. The van der Waals surface area contributed by atoms with Gasteiger partial charge in [0.2, 0.25) is 0 Å². The SMILES string of the molecule is COc1ccc(-c2nc(C(=O)O)cn2-c2ccc(OCc3ccccc3)cc2)cc1. The van der Waals surface area contributed by atoms with Crippen molar-refractivity contribution in [3.8, 4) is 28.6 Å². The van der Waals surface area contributed by atoms with Crippen LogP contribution in [-0.4, -0.2) is 27.7 Å². The molecule has 1 heterocycles. The first-order chi connectivity index (χ1) is 14.6. The van der Waals surface area contributed by atoms with Crippen molar-refractivity contribution in [3.63, 3.8) is 0 Å². The van der Waals surface area contributed by atoms with Crippen molar-refractivity contribution < 1.29 is 19.4 Å². The standard InChI is InChI=1S/C24H20N2O4/c1-29-20-11-7-18(8-12-20)23-25-22(24(27)28)15-26(23)19-9-13-21(14-10-19)30-16-17-5-3-2-4-6-17/h2-15H,16H2,1H3,(H,27,28). The largest absolute Gasteiger partial charge is 0.497 e. The maximum Gasteiger partial charge on any atom is 0.356 e. The Labute approximate surface area is 174 Å². The van der Waals surface area contributed by atoms with Gasteiger partial charge in [-0.3, -0.25) is 4.57 Å². The molecular weight excluding hydrogens is 380 g/mol. The van der Waals surface area contributed by atoms with Crippen molar-refractivity contribution in [1.82, 2.24) is 9.55 Å². The number of ether oxygens (including phenoxy) is 2. The fraction of sp³-hybridized carbons (Fsp3) is 0.0833. The van der Waals surface area contributed by atoms with Crippen molar-refractivity contribution in [1.29, 1.82) is 0 Å². The summed E-state index contributed by atoms with van der Waals surface area (Å²) in [5.74, 6) is 0.904. The Kier molecular flexibility index (Phi) is 5.48. The first-order valence-corrected chi connectivity index (χ1v) is 9.38. The second kappa shape index (κ2) is 8.53. The highest BCUT2D eigenvalue weighted by molar-refractivity contribution is 5.86. The Morgan fingerprint density at radius 1 is 0.933 bits per heavy atom. The van der Waals surface area contributed by atoms with Gasteiger partial charge in [0.15, 0.2) is 5.69 Å². The fourth-order valence-corrected chi connectivity index (χ4v) is 3.07. The molecule has 0 aliphatic heterocycles. The van der Waals surface area contributed by atoms with Crippen LogP contribution in [0.1, 0.15) is 16.1 Å². The lowest BCUT2D eigenvalue weighted by molar-refractivity contribution is 0.0691. The fourth-order valence-electron chi connectivity index (χ4n) is 3.07. The van der Waals surface area contributed by atoms with E-state index in [2.05, 4.69) is 4.98 Å². The van der Waals surface area contributed by atoms with Gasteiger partial charge in [-0.05, 0) is 54.1 Å². The van der Waals surface area contributed by atoms with E-state index in [9.17, 15) is 9.90 Å². The molecule has 0 atom stereocenters. The van der Waals surface area contributed by atoms with Crippen LogP contribution in [0.4, 0.5) is 0 Å². The molecule has 4 rings (SSSR count). The molecule has 0 bridgehead atoms. The number of carbonyl (C=O) groups is 1. The van der Waals surface area contributed by atoms with Crippen molar-refractivity contribution in [2.75, 3.05) is 7.11 Å². The number of aromatic carboxylic acids is 1.